The molecule has 2 N–H and O–H groups in total. The SMILES string of the molecule is CCCCCN(CCCCC)C(=S)[S-].CCCCC[NH2+]CCCCC. The fourth-order valence-electron chi connectivity index (χ4n) is 2.62. The molecule has 0 spiro atoms. The highest BCUT2D eigenvalue weighted by Crippen LogP contribution is 2.03. The smallest absolute Gasteiger partial charge is 0.0755 e. The van der Waals surface area contributed by atoms with Gasteiger partial charge in [0.1, 0.15) is 0 Å². The molecule has 0 amide bonds. The van der Waals surface area contributed by atoms with Crippen molar-refractivity contribution < 1.29 is 5.32 Å². The Morgan fingerprint density at radius 1 is 0.680 bits per heavy atom. The number of nitrogens with zero attached hydrogens (tertiary/aromatic N) is 1. The van der Waals surface area contributed by atoms with Gasteiger partial charge < -0.3 is 35.1 Å². The number of rotatable bonds is 16. The molecule has 0 heterocycles. The molecule has 0 aliphatic heterocycles. The predicted molar refractivity (Wildman–Crippen MR) is 121 cm³/mol. The van der Waals surface area contributed by atoms with Crippen molar-refractivity contribution in [3.8, 4) is 0 Å². The van der Waals surface area contributed by atoms with Crippen LogP contribution >= 0.6 is 12.2 Å². The molecule has 0 aromatic heterocycles. The first-order valence-electron chi connectivity index (χ1n) is 10.9. The summed E-state index contributed by atoms with van der Waals surface area (Å²) in [6, 6.07) is 0. The van der Waals surface area contributed by atoms with Crippen molar-refractivity contribution in [3.05, 3.63) is 0 Å². The lowest BCUT2D eigenvalue weighted by atomic mass is 10.2. The average molecular weight is 391 g/mol. The first-order chi connectivity index (χ1) is 12.1. The molecule has 0 radical (unpaired) electrons. The van der Waals surface area contributed by atoms with Crippen molar-refractivity contribution in [2.24, 2.45) is 0 Å². The van der Waals surface area contributed by atoms with Gasteiger partial charge in [0, 0.05) is 13.1 Å². The van der Waals surface area contributed by atoms with E-state index in [9.17, 15) is 0 Å². The van der Waals surface area contributed by atoms with Crippen molar-refractivity contribution in [1.29, 1.82) is 0 Å². The van der Waals surface area contributed by atoms with Gasteiger partial charge in [0.15, 0.2) is 0 Å². The summed E-state index contributed by atoms with van der Waals surface area (Å²) in [5.74, 6) is 0. The number of thiocarbonyl (C=S) groups is 1. The molecule has 0 aliphatic rings. The zero-order valence-corrected chi connectivity index (χ0v) is 19.3. The van der Waals surface area contributed by atoms with Gasteiger partial charge in [-0.2, -0.15) is 0 Å². The Labute approximate surface area is 170 Å². The third-order valence-corrected chi connectivity index (χ3v) is 4.86. The van der Waals surface area contributed by atoms with Crippen LogP contribution in [0.2, 0.25) is 0 Å². The van der Waals surface area contributed by atoms with E-state index in [2.05, 4.69) is 37.9 Å². The summed E-state index contributed by atoms with van der Waals surface area (Å²) in [6.07, 6.45) is 15.8. The number of quaternary nitrogens is 1. The summed E-state index contributed by atoms with van der Waals surface area (Å²) in [5, 5.41) is 2.46. The lowest BCUT2D eigenvalue weighted by molar-refractivity contribution is -0.655. The van der Waals surface area contributed by atoms with Gasteiger partial charge in [0.05, 0.1) is 13.1 Å². The van der Waals surface area contributed by atoms with E-state index >= 15 is 0 Å². The van der Waals surface area contributed by atoms with Gasteiger partial charge in [-0.1, -0.05) is 70.5 Å². The zero-order valence-electron chi connectivity index (χ0n) is 17.7. The Morgan fingerprint density at radius 2 is 1.04 bits per heavy atom. The summed E-state index contributed by atoms with van der Waals surface area (Å²) in [6.45, 7) is 13.8. The van der Waals surface area contributed by atoms with Crippen LogP contribution in [0.5, 0.6) is 0 Å². The van der Waals surface area contributed by atoms with Gasteiger partial charge in [-0.3, -0.25) is 0 Å². The summed E-state index contributed by atoms with van der Waals surface area (Å²) in [5.41, 5.74) is 0. The van der Waals surface area contributed by atoms with Gasteiger partial charge in [-0.05, 0) is 38.5 Å². The Morgan fingerprint density at radius 3 is 1.36 bits per heavy atom. The fourth-order valence-corrected chi connectivity index (χ4v) is 2.99. The highest BCUT2D eigenvalue weighted by atomic mass is 32.1. The van der Waals surface area contributed by atoms with Crippen molar-refractivity contribution in [2.75, 3.05) is 26.2 Å². The molecule has 0 aromatic carbocycles. The molecule has 0 bridgehead atoms. The minimum atomic E-state index is 0.650. The van der Waals surface area contributed by atoms with Crippen LogP contribution in [0.1, 0.15) is 105 Å². The number of nitrogens with two attached hydrogens (primary N) is 1. The van der Waals surface area contributed by atoms with Gasteiger partial charge >= 0.3 is 0 Å². The molecule has 0 unspecified atom stereocenters. The normalized spacial score (nSPS) is 10.2. The van der Waals surface area contributed by atoms with Crippen molar-refractivity contribution in [3.63, 3.8) is 0 Å². The summed E-state index contributed by atoms with van der Waals surface area (Å²) in [4.78, 5) is 2.18. The molecule has 0 saturated carbocycles. The second-order valence-electron chi connectivity index (χ2n) is 6.95. The molecule has 0 fully saturated rings. The highest BCUT2D eigenvalue weighted by molar-refractivity contribution is 8.00. The first kappa shape index (κ1) is 27.3. The molecular weight excluding hydrogens is 344 g/mol. The largest absolute Gasteiger partial charge is 0.411 e. The topological polar surface area (TPSA) is 19.9 Å². The van der Waals surface area contributed by atoms with E-state index in [1.807, 2.05) is 0 Å². The van der Waals surface area contributed by atoms with E-state index in [0.717, 1.165) is 13.1 Å². The third kappa shape index (κ3) is 24.1. The van der Waals surface area contributed by atoms with Gasteiger partial charge in [-0.15, -0.1) is 0 Å². The van der Waals surface area contributed by atoms with Crippen LogP contribution in [0.15, 0.2) is 0 Å². The monoisotopic (exact) mass is 390 g/mol. The highest BCUT2D eigenvalue weighted by Gasteiger charge is 1.99. The molecular formula is C21H46N2S2. The fraction of sp³-hybridized carbons (Fsp3) is 0.952. The van der Waals surface area contributed by atoms with E-state index in [-0.39, 0.29) is 0 Å². The lowest BCUT2D eigenvalue weighted by Crippen LogP contribution is -2.84. The maximum Gasteiger partial charge on any atom is 0.0755 e. The number of hydrogen-bond donors (Lipinski definition) is 1. The van der Waals surface area contributed by atoms with Crippen LogP contribution in [0.25, 0.3) is 0 Å². The number of hydrogen-bond acceptors (Lipinski definition) is 2. The van der Waals surface area contributed by atoms with Gasteiger partial charge in [-0.25, -0.2) is 0 Å². The summed E-state index contributed by atoms with van der Waals surface area (Å²) >= 11 is 10.1. The Kier molecular flexibility index (Phi) is 26.3. The van der Waals surface area contributed by atoms with Crippen molar-refractivity contribution in [2.45, 2.75) is 105 Å². The molecule has 25 heavy (non-hydrogen) atoms. The van der Waals surface area contributed by atoms with Crippen molar-refractivity contribution in [1.82, 2.24) is 4.90 Å². The van der Waals surface area contributed by atoms with Crippen LogP contribution in [0.3, 0.4) is 0 Å². The van der Waals surface area contributed by atoms with Crippen LogP contribution in [-0.2, 0) is 12.6 Å². The van der Waals surface area contributed by atoms with E-state index in [1.54, 1.807) is 0 Å². The Bertz CT molecular complexity index is 242. The van der Waals surface area contributed by atoms with Crippen LogP contribution < -0.4 is 5.32 Å². The molecule has 0 aromatic rings. The molecule has 0 atom stereocenters. The second kappa shape index (κ2) is 24.1. The standard InChI is InChI=1S/C11H23NS2.C10H23N/c1-3-5-7-9-12(11(13)14)10-8-6-4-2;1-3-5-7-9-11-10-8-6-4-2/h3-10H2,1-2H3,(H,13,14);11H,3-10H2,1-2H3. The van der Waals surface area contributed by atoms with E-state index < -0.39 is 0 Å². The molecule has 152 valence electrons. The van der Waals surface area contributed by atoms with Crippen LogP contribution in [0.4, 0.5) is 0 Å². The molecule has 0 aliphatic carbocycles. The maximum absolute atomic E-state index is 5.06. The second-order valence-corrected chi connectivity index (χ2v) is 7.98. The molecule has 4 heteroatoms. The van der Waals surface area contributed by atoms with E-state index in [4.69, 9.17) is 24.8 Å². The first-order valence-corrected chi connectivity index (χ1v) is 11.7. The summed E-state index contributed by atoms with van der Waals surface area (Å²) < 4.78 is 0.650. The van der Waals surface area contributed by atoms with E-state index in [1.165, 1.54) is 90.1 Å². The molecule has 2 nitrogen and oxygen atoms in total. The lowest BCUT2D eigenvalue weighted by Gasteiger charge is -2.28. The van der Waals surface area contributed by atoms with Crippen molar-refractivity contribution >= 4 is 29.2 Å². The minimum Gasteiger partial charge on any atom is -0.411 e. The molecule has 0 saturated heterocycles. The van der Waals surface area contributed by atoms with Gasteiger partial charge in [0.2, 0.25) is 0 Å². The molecule has 0 rings (SSSR count). The predicted octanol–water partition coefficient (Wildman–Crippen LogP) is 5.43. The van der Waals surface area contributed by atoms with Crippen LogP contribution in [0, 0.1) is 0 Å². The zero-order chi connectivity index (χ0) is 19.2. The Hall–Kier alpha value is 0.0700. The van der Waals surface area contributed by atoms with E-state index in [0.29, 0.717) is 4.32 Å². The quantitative estimate of drug-likeness (QED) is 0.215. The summed E-state index contributed by atoms with van der Waals surface area (Å²) in [7, 11) is 0. The minimum absolute atomic E-state index is 0.650. The van der Waals surface area contributed by atoms with Gasteiger partial charge in [0.25, 0.3) is 0 Å². The maximum atomic E-state index is 5.06. The average Bonchev–Trinajstić information content (AvgIpc) is 2.60. The van der Waals surface area contributed by atoms with Crippen LogP contribution in [-0.4, -0.2) is 35.4 Å². The number of unbranched alkanes of at least 4 members (excludes halogenated alkanes) is 8. The third-order valence-electron chi connectivity index (χ3n) is 4.34. The Balaban J connectivity index is 0.